The highest BCUT2D eigenvalue weighted by molar-refractivity contribution is 5.14. The number of nitrogens with zero attached hydrogens (tertiary/aromatic N) is 2. The van der Waals surface area contributed by atoms with E-state index >= 15 is 0 Å². The fourth-order valence-corrected chi connectivity index (χ4v) is 1.60. The van der Waals surface area contributed by atoms with Crippen molar-refractivity contribution in [2.75, 3.05) is 0 Å². The summed E-state index contributed by atoms with van der Waals surface area (Å²) >= 11 is 0. The summed E-state index contributed by atoms with van der Waals surface area (Å²) in [6.45, 7) is 5.20. The van der Waals surface area contributed by atoms with Gasteiger partial charge >= 0.3 is 0 Å². The Labute approximate surface area is 88.7 Å². The first-order valence-corrected chi connectivity index (χ1v) is 4.96. The molecule has 0 aromatic carbocycles. The zero-order valence-electron chi connectivity index (χ0n) is 9.03. The molecule has 4 nitrogen and oxygen atoms in total. The molecule has 80 valence electrons. The van der Waals surface area contributed by atoms with Crippen molar-refractivity contribution in [3.8, 4) is 0 Å². The summed E-state index contributed by atoms with van der Waals surface area (Å²) in [5.41, 5.74) is 8.69. The fourth-order valence-electron chi connectivity index (χ4n) is 1.60. The molecule has 0 spiro atoms. The predicted molar refractivity (Wildman–Crippen MR) is 57.4 cm³/mol. The molecule has 0 aliphatic carbocycles. The molecule has 2 aromatic heterocycles. The maximum absolute atomic E-state index is 5.51. The Bertz CT molecular complexity index is 456. The van der Waals surface area contributed by atoms with E-state index in [1.54, 1.807) is 6.26 Å². The largest absolute Gasteiger partial charge is 0.467 e. The van der Waals surface area contributed by atoms with Crippen LogP contribution < -0.4 is 5.73 Å². The molecule has 0 aliphatic heterocycles. The third-order valence-corrected chi connectivity index (χ3v) is 2.35. The topological polar surface area (TPSA) is 57.0 Å². The minimum atomic E-state index is 0.515. The molecule has 2 heterocycles. The summed E-state index contributed by atoms with van der Waals surface area (Å²) in [5, 5.41) is 4.37. The van der Waals surface area contributed by atoms with Crippen molar-refractivity contribution in [1.82, 2.24) is 9.78 Å². The van der Waals surface area contributed by atoms with Crippen molar-refractivity contribution >= 4 is 0 Å². The van der Waals surface area contributed by atoms with Crippen molar-refractivity contribution in [3.05, 3.63) is 41.1 Å². The van der Waals surface area contributed by atoms with E-state index in [1.165, 1.54) is 0 Å². The van der Waals surface area contributed by atoms with Gasteiger partial charge < -0.3 is 10.2 Å². The Hall–Kier alpha value is -1.55. The average molecular weight is 205 g/mol. The minimum Gasteiger partial charge on any atom is -0.467 e. The maximum atomic E-state index is 5.51. The zero-order chi connectivity index (χ0) is 10.8. The molecule has 0 unspecified atom stereocenters. The Morgan fingerprint density at radius 1 is 1.40 bits per heavy atom. The second-order valence-electron chi connectivity index (χ2n) is 3.71. The fraction of sp³-hybridized carbons (Fsp3) is 0.364. The first kappa shape index (κ1) is 9.98. The lowest BCUT2D eigenvalue weighted by molar-refractivity contribution is 0.474. The number of hydrogen-bond acceptors (Lipinski definition) is 3. The Kier molecular flexibility index (Phi) is 2.60. The van der Waals surface area contributed by atoms with Crippen LogP contribution >= 0.6 is 0 Å². The number of aromatic nitrogens is 2. The third kappa shape index (κ3) is 2.10. The van der Waals surface area contributed by atoms with E-state index in [0.717, 1.165) is 22.7 Å². The quantitative estimate of drug-likeness (QED) is 0.828. The van der Waals surface area contributed by atoms with Gasteiger partial charge in [-0.05, 0) is 26.0 Å². The minimum absolute atomic E-state index is 0.515. The molecule has 0 amide bonds. The predicted octanol–water partition coefficient (Wildman–Crippen LogP) is 1.60. The van der Waals surface area contributed by atoms with Gasteiger partial charge in [-0.1, -0.05) is 0 Å². The third-order valence-electron chi connectivity index (χ3n) is 2.35. The van der Waals surface area contributed by atoms with Gasteiger partial charge in [-0.15, -0.1) is 0 Å². The van der Waals surface area contributed by atoms with E-state index in [9.17, 15) is 0 Å². The van der Waals surface area contributed by atoms with Crippen LogP contribution in [0.15, 0.2) is 22.8 Å². The van der Waals surface area contributed by atoms with E-state index in [2.05, 4.69) is 5.10 Å². The Morgan fingerprint density at radius 2 is 2.20 bits per heavy atom. The van der Waals surface area contributed by atoms with Gasteiger partial charge in [0, 0.05) is 17.8 Å². The van der Waals surface area contributed by atoms with E-state index < -0.39 is 0 Å². The van der Waals surface area contributed by atoms with Gasteiger partial charge in [0.05, 0.1) is 18.5 Å². The van der Waals surface area contributed by atoms with Crippen LogP contribution in [0.5, 0.6) is 0 Å². The first-order chi connectivity index (χ1) is 7.19. The lowest BCUT2D eigenvalue weighted by Crippen LogP contribution is -2.03. The monoisotopic (exact) mass is 205 g/mol. The average Bonchev–Trinajstić information content (AvgIpc) is 2.75. The molecule has 4 heteroatoms. The number of nitrogens with two attached hydrogens (primary N) is 1. The van der Waals surface area contributed by atoms with Gasteiger partial charge in [0.2, 0.25) is 0 Å². The highest BCUT2D eigenvalue weighted by Crippen LogP contribution is 2.10. The number of aryl methyl sites for hydroxylation is 2. The zero-order valence-corrected chi connectivity index (χ0v) is 9.03. The van der Waals surface area contributed by atoms with E-state index in [4.69, 9.17) is 10.2 Å². The van der Waals surface area contributed by atoms with Crippen molar-refractivity contribution in [2.45, 2.75) is 26.9 Å². The van der Waals surface area contributed by atoms with Crippen LogP contribution in [0.4, 0.5) is 0 Å². The van der Waals surface area contributed by atoms with Gasteiger partial charge in [0.1, 0.15) is 5.76 Å². The number of hydrogen-bond donors (Lipinski definition) is 1. The van der Waals surface area contributed by atoms with Crippen LogP contribution in [0.2, 0.25) is 0 Å². The molecular weight excluding hydrogens is 190 g/mol. The molecule has 2 N–H and O–H groups in total. The molecule has 0 bridgehead atoms. The van der Waals surface area contributed by atoms with Gasteiger partial charge in [0.25, 0.3) is 0 Å². The smallest absolute Gasteiger partial charge is 0.125 e. The van der Waals surface area contributed by atoms with Crippen LogP contribution in [0.1, 0.15) is 22.7 Å². The molecule has 0 radical (unpaired) electrons. The van der Waals surface area contributed by atoms with Crippen LogP contribution in [0.25, 0.3) is 0 Å². The van der Waals surface area contributed by atoms with Gasteiger partial charge in [-0.2, -0.15) is 5.10 Å². The van der Waals surface area contributed by atoms with Gasteiger partial charge in [0.15, 0.2) is 0 Å². The van der Waals surface area contributed by atoms with Gasteiger partial charge in [-0.25, -0.2) is 0 Å². The Balaban J connectivity index is 2.17. The van der Waals surface area contributed by atoms with Crippen molar-refractivity contribution in [3.63, 3.8) is 0 Å². The molecule has 2 rings (SSSR count). The SMILES string of the molecule is Cc1cc(C)n(Cc2cc(CN)co2)n1. The molecule has 15 heavy (non-hydrogen) atoms. The summed E-state index contributed by atoms with van der Waals surface area (Å²) in [5.74, 6) is 0.890. The normalized spacial score (nSPS) is 10.9. The lowest BCUT2D eigenvalue weighted by Gasteiger charge is -2.00. The first-order valence-electron chi connectivity index (χ1n) is 4.96. The van der Waals surface area contributed by atoms with Crippen LogP contribution in [-0.4, -0.2) is 9.78 Å². The van der Waals surface area contributed by atoms with Gasteiger partial charge in [-0.3, -0.25) is 4.68 Å². The highest BCUT2D eigenvalue weighted by Gasteiger charge is 2.05. The summed E-state index contributed by atoms with van der Waals surface area (Å²) in [6.07, 6.45) is 1.70. The Morgan fingerprint density at radius 3 is 2.73 bits per heavy atom. The summed E-state index contributed by atoms with van der Waals surface area (Å²) < 4.78 is 7.31. The van der Waals surface area contributed by atoms with E-state index in [0.29, 0.717) is 13.1 Å². The van der Waals surface area contributed by atoms with Crippen LogP contribution in [-0.2, 0) is 13.1 Å². The molecule has 0 fully saturated rings. The highest BCUT2D eigenvalue weighted by atomic mass is 16.3. The second-order valence-corrected chi connectivity index (χ2v) is 3.71. The summed E-state index contributed by atoms with van der Waals surface area (Å²) in [7, 11) is 0. The van der Waals surface area contributed by atoms with Crippen molar-refractivity contribution in [2.24, 2.45) is 5.73 Å². The standard InChI is InChI=1S/C11H15N3O/c1-8-3-9(2)14(13-8)6-11-4-10(5-12)7-15-11/h3-4,7H,5-6,12H2,1-2H3. The molecule has 0 saturated heterocycles. The summed E-state index contributed by atoms with van der Waals surface area (Å²) in [6, 6.07) is 4.02. The van der Waals surface area contributed by atoms with E-state index in [1.807, 2.05) is 30.7 Å². The molecule has 0 saturated carbocycles. The number of rotatable bonds is 3. The van der Waals surface area contributed by atoms with Crippen LogP contribution in [0, 0.1) is 13.8 Å². The molecule has 2 aromatic rings. The molecule has 0 atom stereocenters. The second kappa shape index (κ2) is 3.90. The van der Waals surface area contributed by atoms with Crippen LogP contribution in [0.3, 0.4) is 0 Å². The molecular formula is C11H15N3O. The molecule has 0 aliphatic rings. The van der Waals surface area contributed by atoms with E-state index in [-0.39, 0.29) is 0 Å². The van der Waals surface area contributed by atoms with Crippen molar-refractivity contribution < 1.29 is 4.42 Å². The van der Waals surface area contributed by atoms with Crippen molar-refractivity contribution in [1.29, 1.82) is 0 Å². The lowest BCUT2D eigenvalue weighted by atomic mass is 10.3. The number of furan rings is 1. The summed E-state index contributed by atoms with van der Waals surface area (Å²) in [4.78, 5) is 0. The maximum Gasteiger partial charge on any atom is 0.125 e.